The van der Waals surface area contributed by atoms with Gasteiger partial charge in [-0.3, -0.25) is 0 Å². The summed E-state index contributed by atoms with van der Waals surface area (Å²) in [6.07, 6.45) is 3.64. The van der Waals surface area contributed by atoms with Gasteiger partial charge < -0.3 is 5.73 Å². The SMILES string of the molecule is [C-]#[N+]c1c(N)nc(SC)c(C#N)c1SC. The molecule has 0 saturated carbocycles. The van der Waals surface area contributed by atoms with E-state index >= 15 is 0 Å². The zero-order valence-electron chi connectivity index (χ0n) is 8.24. The average Bonchev–Trinajstić information content (AvgIpc) is 2.27. The number of pyridine rings is 1. The smallest absolute Gasteiger partial charge is 0.242 e. The van der Waals surface area contributed by atoms with Crippen LogP contribution in [-0.2, 0) is 0 Å². The van der Waals surface area contributed by atoms with E-state index in [1.807, 2.05) is 12.5 Å². The van der Waals surface area contributed by atoms with Crippen molar-refractivity contribution < 1.29 is 0 Å². The maximum atomic E-state index is 9.01. The molecule has 76 valence electrons. The molecule has 4 nitrogen and oxygen atoms in total. The normalized spacial score (nSPS) is 9.33. The third-order valence-electron chi connectivity index (χ3n) is 1.74. The molecule has 0 amide bonds. The molecule has 2 N–H and O–H groups in total. The maximum absolute atomic E-state index is 9.01. The quantitative estimate of drug-likeness (QED) is 0.631. The Balaban J connectivity index is 3.63. The van der Waals surface area contributed by atoms with E-state index in [-0.39, 0.29) is 11.5 Å². The van der Waals surface area contributed by atoms with E-state index < -0.39 is 0 Å². The van der Waals surface area contributed by atoms with Crippen molar-refractivity contribution in [2.45, 2.75) is 9.92 Å². The van der Waals surface area contributed by atoms with Crippen molar-refractivity contribution in [1.82, 2.24) is 4.98 Å². The molecule has 0 spiro atoms. The first kappa shape index (κ1) is 11.7. The van der Waals surface area contributed by atoms with E-state index in [4.69, 9.17) is 17.6 Å². The molecule has 0 radical (unpaired) electrons. The van der Waals surface area contributed by atoms with Gasteiger partial charge in [0.15, 0.2) is 0 Å². The van der Waals surface area contributed by atoms with Gasteiger partial charge >= 0.3 is 0 Å². The molecule has 0 unspecified atom stereocenters. The lowest BCUT2D eigenvalue weighted by molar-refractivity contribution is 1.09. The van der Waals surface area contributed by atoms with Crippen molar-refractivity contribution in [2.75, 3.05) is 18.2 Å². The van der Waals surface area contributed by atoms with Crippen LogP contribution in [0.3, 0.4) is 0 Å². The summed E-state index contributed by atoms with van der Waals surface area (Å²) in [5, 5.41) is 9.59. The summed E-state index contributed by atoms with van der Waals surface area (Å²) in [7, 11) is 0. The lowest BCUT2D eigenvalue weighted by Crippen LogP contribution is -1.97. The summed E-state index contributed by atoms with van der Waals surface area (Å²) < 4.78 is 0. The molecule has 0 bridgehead atoms. The molecule has 0 fully saturated rings. The van der Waals surface area contributed by atoms with Gasteiger partial charge in [-0.25, -0.2) is 9.83 Å². The molecule has 0 saturated heterocycles. The molecule has 0 atom stereocenters. The first-order chi connectivity index (χ1) is 7.19. The Hall–Kier alpha value is -1.37. The van der Waals surface area contributed by atoms with Gasteiger partial charge in [0.25, 0.3) is 0 Å². The predicted octanol–water partition coefficient (Wildman–Crippen LogP) is 2.53. The number of rotatable bonds is 2. The number of nitriles is 1. The highest BCUT2D eigenvalue weighted by atomic mass is 32.2. The molecule has 6 heteroatoms. The van der Waals surface area contributed by atoms with E-state index in [0.29, 0.717) is 15.5 Å². The number of nitrogen functional groups attached to an aromatic ring is 1. The molecule has 0 aliphatic rings. The Morgan fingerprint density at radius 3 is 2.53 bits per heavy atom. The molecule has 15 heavy (non-hydrogen) atoms. The Labute approximate surface area is 96.7 Å². The fourth-order valence-corrected chi connectivity index (χ4v) is 2.40. The minimum atomic E-state index is 0.192. The van der Waals surface area contributed by atoms with Gasteiger partial charge in [0.05, 0.1) is 12.1 Å². The largest absolute Gasteiger partial charge is 0.392 e. The van der Waals surface area contributed by atoms with Crippen molar-refractivity contribution in [3.63, 3.8) is 0 Å². The van der Waals surface area contributed by atoms with Crippen LogP contribution in [0.2, 0.25) is 0 Å². The number of hydrogen-bond donors (Lipinski definition) is 1. The second-order valence-corrected chi connectivity index (χ2v) is 4.10. The molecule has 1 aromatic rings. The van der Waals surface area contributed by atoms with E-state index in [2.05, 4.69) is 15.9 Å². The third kappa shape index (κ3) is 2.01. The standard InChI is InChI=1S/C9H8N4S2/c1-12-6-7(14-2)5(4-10)9(15-3)13-8(6)11/h2-3H3,(H2,11,13). The summed E-state index contributed by atoms with van der Waals surface area (Å²) >= 11 is 2.70. The third-order valence-corrected chi connectivity index (χ3v) is 3.23. The number of thioether (sulfide) groups is 2. The summed E-state index contributed by atoms with van der Waals surface area (Å²) in [4.78, 5) is 7.95. The number of anilines is 1. The highest BCUT2D eigenvalue weighted by Gasteiger charge is 2.17. The minimum Gasteiger partial charge on any atom is -0.392 e. The van der Waals surface area contributed by atoms with Crippen LogP contribution >= 0.6 is 23.5 Å². The first-order valence-corrected chi connectivity index (χ1v) is 6.33. The van der Waals surface area contributed by atoms with E-state index in [1.54, 1.807) is 0 Å². The molecule has 0 aliphatic heterocycles. The van der Waals surface area contributed by atoms with Gasteiger partial charge in [-0.2, -0.15) is 5.26 Å². The molecular weight excluding hydrogens is 228 g/mol. The van der Waals surface area contributed by atoms with Crippen molar-refractivity contribution >= 4 is 35.0 Å². The van der Waals surface area contributed by atoms with Crippen LogP contribution in [0.25, 0.3) is 4.85 Å². The maximum Gasteiger partial charge on any atom is 0.242 e. The van der Waals surface area contributed by atoms with Gasteiger partial charge in [-0.1, -0.05) is 0 Å². The van der Waals surface area contributed by atoms with Crippen molar-refractivity contribution in [2.24, 2.45) is 0 Å². The van der Waals surface area contributed by atoms with Crippen molar-refractivity contribution in [3.8, 4) is 6.07 Å². The first-order valence-electron chi connectivity index (χ1n) is 3.88. The Morgan fingerprint density at radius 1 is 1.47 bits per heavy atom. The highest BCUT2D eigenvalue weighted by Crippen LogP contribution is 2.38. The Bertz CT molecular complexity index is 470. The van der Waals surface area contributed by atoms with Crippen LogP contribution in [0, 0.1) is 17.9 Å². The number of nitrogens with zero attached hydrogens (tertiary/aromatic N) is 3. The van der Waals surface area contributed by atoms with Crippen LogP contribution in [-0.4, -0.2) is 17.5 Å². The topological polar surface area (TPSA) is 67.1 Å². The van der Waals surface area contributed by atoms with Crippen LogP contribution in [0.15, 0.2) is 9.92 Å². The molecule has 1 heterocycles. The molecule has 0 aliphatic carbocycles. The van der Waals surface area contributed by atoms with E-state index in [1.165, 1.54) is 23.5 Å². The zero-order chi connectivity index (χ0) is 11.4. The van der Waals surface area contributed by atoms with Crippen LogP contribution in [0.5, 0.6) is 0 Å². The number of aromatic nitrogens is 1. The van der Waals surface area contributed by atoms with Crippen LogP contribution in [0.1, 0.15) is 5.56 Å². The monoisotopic (exact) mass is 236 g/mol. The van der Waals surface area contributed by atoms with Crippen LogP contribution in [0.4, 0.5) is 11.5 Å². The van der Waals surface area contributed by atoms with Gasteiger partial charge in [0, 0.05) is 4.90 Å². The molecule has 1 aromatic heterocycles. The molecule has 1 rings (SSSR count). The molecular formula is C9H8N4S2. The Morgan fingerprint density at radius 2 is 2.13 bits per heavy atom. The summed E-state index contributed by atoms with van der Waals surface area (Å²) in [6.45, 7) is 7.00. The number of nitrogens with two attached hydrogens (primary N) is 1. The highest BCUT2D eigenvalue weighted by molar-refractivity contribution is 7.99. The van der Waals surface area contributed by atoms with E-state index in [9.17, 15) is 0 Å². The molecule has 0 aromatic carbocycles. The van der Waals surface area contributed by atoms with E-state index in [0.717, 1.165) is 0 Å². The summed E-state index contributed by atoms with van der Waals surface area (Å²) in [5.41, 5.74) is 6.36. The van der Waals surface area contributed by atoms with Crippen LogP contribution < -0.4 is 5.73 Å². The lowest BCUT2D eigenvalue weighted by Gasteiger charge is -2.08. The Kier molecular flexibility index (Phi) is 3.84. The van der Waals surface area contributed by atoms with Gasteiger partial charge in [-0.15, -0.1) is 23.5 Å². The van der Waals surface area contributed by atoms with Crippen molar-refractivity contribution in [3.05, 3.63) is 17.0 Å². The fourth-order valence-electron chi connectivity index (χ4n) is 1.10. The summed E-state index contributed by atoms with van der Waals surface area (Å²) in [6, 6.07) is 2.06. The fraction of sp³-hybridized carbons (Fsp3) is 0.222. The second-order valence-electron chi connectivity index (χ2n) is 2.49. The predicted molar refractivity (Wildman–Crippen MR) is 63.2 cm³/mol. The zero-order valence-corrected chi connectivity index (χ0v) is 9.87. The van der Waals surface area contributed by atoms with Gasteiger partial charge in [0.2, 0.25) is 5.69 Å². The minimum absolute atomic E-state index is 0.192. The van der Waals surface area contributed by atoms with Crippen molar-refractivity contribution in [1.29, 1.82) is 5.26 Å². The van der Waals surface area contributed by atoms with Gasteiger partial charge in [0.1, 0.15) is 16.9 Å². The summed E-state index contributed by atoms with van der Waals surface area (Å²) in [5.74, 6) is 0.192. The second kappa shape index (κ2) is 4.92. The number of hydrogen-bond acceptors (Lipinski definition) is 5. The average molecular weight is 236 g/mol. The van der Waals surface area contributed by atoms with Gasteiger partial charge in [-0.05, 0) is 12.5 Å². The lowest BCUT2D eigenvalue weighted by atomic mass is 10.2.